The summed E-state index contributed by atoms with van der Waals surface area (Å²) < 4.78 is 14.1. The highest BCUT2D eigenvalue weighted by Gasteiger charge is 2.29. The Bertz CT molecular complexity index is 814. The van der Waals surface area contributed by atoms with E-state index in [2.05, 4.69) is 36.7 Å². The first-order chi connectivity index (χ1) is 14.4. The van der Waals surface area contributed by atoms with Crippen LogP contribution in [-0.4, -0.2) is 87.7 Å². The number of hydrogen-bond donors (Lipinski definition) is 1. The van der Waals surface area contributed by atoms with Crippen LogP contribution in [0.2, 0.25) is 5.02 Å². The van der Waals surface area contributed by atoms with Crippen LogP contribution in [0.3, 0.4) is 0 Å². The van der Waals surface area contributed by atoms with Crippen LogP contribution >= 0.6 is 11.6 Å². The van der Waals surface area contributed by atoms with Gasteiger partial charge >= 0.3 is 0 Å². The quantitative estimate of drug-likeness (QED) is 0.552. The van der Waals surface area contributed by atoms with Crippen molar-refractivity contribution in [2.75, 3.05) is 60.4 Å². The van der Waals surface area contributed by atoms with Crippen LogP contribution in [0.1, 0.15) is 24.4 Å². The van der Waals surface area contributed by atoms with E-state index < -0.39 is 0 Å². The molecular formula is C22H32ClFN6. The molecule has 0 aliphatic carbocycles. The van der Waals surface area contributed by atoms with Crippen molar-refractivity contribution >= 4 is 24.2 Å². The number of piperazine rings is 1. The van der Waals surface area contributed by atoms with Crippen molar-refractivity contribution in [1.82, 2.24) is 20.0 Å². The highest BCUT2D eigenvalue weighted by Crippen LogP contribution is 2.27. The summed E-state index contributed by atoms with van der Waals surface area (Å²) in [5.41, 5.74) is 2.11. The largest absolute Gasteiger partial charge is 0.370 e. The molecule has 0 amide bonds. The number of aliphatic imine (C=N–C) groups is 2. The number of halogens is 2. The molecule has 1 saturated heterocycles. The van der Waals surface area contributed by atoms with Gasteiger partial charge in [0.05, 0.1) is 5.02 Å². The molecule has 164 valence electrons. The molecular weight excluding hydrogens is 403 g/mol. The number of amidine groups is 1. The van der Waals surface area contributed by atoms with Crippen LogP contribution in [0.4, 0.5) is 4.39 Å². The minimum absolute atomic E-state index is 0.108. The van der Waals surface area contributed by atoms with E-state index in [-0.39, 0.29) is 16.9 Å². The van der Waals surface area contributed by atoms with Crippen molar-refractivity contribution < 1.29 is 4.39 Å². The summed E-state index contributed by atoms with van der Waals surface area (Å²) in [5, 5.41) is 3.50. The predicted molar refractivity (Wildman–Crippen MR) is 123 cm³/mol. The second kappa shape index (κ2) is 10.4. The van der Waals surface area contributed by atoms with Gasteiger partial charge in [0.15, 0.2) is 0 Å². The number of nitrogens with one attached hydrogen (secondary N) is 1. The maximum absolute atomic E-state index is 14.1. The molecule has 0 aromatic heterocycles. The van der Waals surface area contributed by atoms with Gasteiger partial charge in [-0.1, -0.05) is 17.7 Å². The van der Waals surface area contributed by atoms with E-state index in [9.17, 15) is 4.39 Å². The predicted octanol–water partition coefficient (Wildman–Crippen LogP) is 3.02. The van der Waals surface area contributed by atoms with Gasteiger partial charge in [0, 0.05) is 57.9 Å². The van der Waals surface area contributed by atoms with E-state index in [1.807, 2.05) is 27.2 Å². The molecule has 0 spiro atoms. The van der Waals surface area contributed by atoms with E-state index >= 15 is 0 Å². The van der Waals surface area contributed by atoms with Crippen molar-refractivity contribution in [2.45, 2.75) is 18.9 Å². The summed E-state index contributed by atoms with van der Waals surface area (Å²) in [6.07, 6.45) is 2.03. The summed E-state index contributed by atoms with van der Waals surface area (Å²) in [4.78, 5) is 15.7. The molecule has 0 saturated carbocycles. The number of benzene rings is 1. The van der Waals surface area contributed by atoms with Crippen LogP contribution in [0.5, 0.6) is 0 Å². The van der Waals surface area contributed by atoms with E-state index in [0.29, 0.717) is 0 Å². The maximum atomic E-state index is 14.1. The molecule has 0 bridgehead atoms. The average molecular weight is 435 g/mol. The third-order valence-electron chi connectivity index (χ3n) is 5.74. The average Bonchev–Trinajstić information content (AvgIpc) is 2.75. The van der Waals surface area contributed by atoms with E-state index in [1.54, 1.807) is 12.1 Å². The third-order valence-corrected chi connectivity index (χ3v) is 6.05. The molecule has 30 heavy (non-hydrogen) atoms. The van der Waals surface area contributed by atoms with Gasteiger partial charge in [0.1, 0.15) is 17.5 Å². The van der Waals surface area contributed by atoms with Gasteiger partial charge in [0.25, 0.3) is 0 Å². The second-order valence-electron chi connectivity index (χ2n) is 8.04. The molecule has 2 heterocycles. The molecule has 1 N–H and O–H groups in total. The minimum atomic E-state index is -0.363. The summed E-state index contributed by atoms with van der Waals surface area (Å²) in [7, 11) is 5.93. The fraction of sp³-hybridized carbons (Fsp3) is 0.545. The standard InChI is InChI=1S/C22H32ClFN6/c1-25-21-17(6-5-9-27-21)22(26-2)30-12-10-29(11-13-30)20(15-28(3)4)16-7-8-18(23)19(24)14-16/h7-8,14,20,27H,1,5-6,9-13,15H2,2-4H3. The van der Waals surface area contributed by atoms with E-state index in [4.69, 9.17) is 11.6 Å². The zero-order valence-corrected chi connectivity index (χ0v) is 18.9. The Balaban J connectivity index is 1.75. The third kappa shape index (κ3) is 5.20. The SMILES string of the molecule is C=NC1=C(C(=NC)N2CCN(C(CN(C)C)c3ccc(Cl)c(F)c3)CC2)CCCN1. The first-order valence-electron chi connectivity index (χ1n) is 10.4. The van der Waals surface area contributed by atoms with Crippen molar-refractivity contribution in [3.63, 3.8) is 0 Å². The van der Waals surface area contributed by atoms with Crippen LogP contribution in [0.15, 0.2) is 39.6 Å². The van der Waals surface area contributed by atoms with Crippen molar-refractivity contribution in [3.8, 4) is 0 Å². The molecule has 2 aliphatic heterocycles. The smallest absolute Gasteiger partial charge is 0.142 e. The fourth-order valence-corrected chi connectivity index (χ4v) is 4.39. The first kappa shape index (κ1) is 22.7. The van der Waals surface area contributed by atoms with Crippen LogP contribution < -0.4 is 5.32 Å². The Morgan fingerprint density at radius 3 is 2.63 bits per heavy atom. The zero-order chi connectivity index (χ0) is 21.7. The molecule has 1 atom stereocenters. The topological polar surface area (TPSA) is 46.5 Å². The Morgan fingerprint density at radius 2 is 2.03 bits per heavy atom. The van der Waals surface area contributed by atoms with Crippen molar-refractivity contribution in [3.05, 3.63) is 46.0 Å². The Labute approximate surface area is 184 Å². The summed E-state index contributed by atoms with van der Waals surface area (Å²) in [6, 6.07) is 5.27. The highest BCUT2D eigenvalue weighted by molar-refractivity contribution is 6.30. The molecule has 1 unspecified atom stereocenters. The molecule has 0 radical (unpaired) electrons. The lowest BCUT2D eigenvalue weighted by molar-refractivity contribution is 0.112. The Morgan fingerprint density at radius 1 is 1.30 bits per heavy atom. The molecule has 1 fully saturated rings. The second-order valence-corrected chi connectivity index (χ2v) is 8.44. The van der Waals surface area contributed by atoms with E-state index in [0.717, 1.165) is 74.9 Å². The summed E-state index contributed by atoms with van der Waals surface area (Å²) in [5.74, 6) is 1.50. The Kier molecular flexibility index (Phi) is 7.86. The van der Waals surface area contributed by atoms with Gasteiger partial charge in [-0.25, -0.2) is 9.38 Å². The van der Waals surface area contributed by atoms with Crippen molar-refractivity contribution in [2.24, 2.45) is 9.98 Å². The van der Waals surface area contributed by atoms with Crippen LogP contribution in [0, 0.1) is 5.82 Å². The van der Waals surface area contributed by atoms with E-state index in [1.165, 1.54) is 0 Å². The number of hydrogen-bond acceptors (Lipinski definition) is 5. The highest BCUT2D eigenvalue weighted by atomic mass is 35.5. The van der Waals surface area contributed by atoms with Crippen molar-refractivity contribution in [1.29, 1.82) is 0 Å². The van der Waals surface area contributed by atoms with Gasteiger partial charge in [-0.2, -0.15) is 0 Å². The lowest BCUT2D eigenvalue weighted by Gasteiger charge is -2.42. The van der Waals surface area contributed by atoms with Gasteiger partial charge < -0.3 is 15.1 Å². The molecule has 2 aliphatic rings. The minimum Gasteiger partial charge on any atom is -0.370 e. The van der Waals surface area contributed by atoms with Crippen LogP contribution in [0.25, 0.3) is 0 Å². The normalized spacial score (nSPS) is 19.8. The van der Waals surface area contributed by atoms with Gasteiger partial charge in [0.2, 0.25) is 0 Å². The first-order valence-corrected chi connectivity index (χ1v) is 10.8. The lowest BCUT2D eigenvalue weighted by Crippen LogP contribution is -2.51. The summed E-state index contributed by atoms with van der Waals surface area (Å²) in [6.45, 7) is 8.92. The molecule has 1 aromatic carbocycles. The van der Waals surface area contributed by atoms with Gasteiger partial charge in [-0.3, -0.25) is 9.89 Å². The van der Waals surface area contributed by atoms with Crippen LogP contribution in [-0.2, 0) is 0 Å². The fourth-order valence-electron chi connectivity index (χ4n) is 4.28. The molecule has 8 heteroatoms. The number of nitrogens with zero attached hydrogens (tertiary/aromatic N) is 5. The summed E-state index contributed by atoms with van der Waals surface area (Å²) >= 11 is 5.90. The molecule has 1 aromatic rings. The maximum Gasteiger partial charge on any atom is 0.142 e. The van der Waals surface area contributed by atoms with Gasteiger partial charge in [-0.05, 0) is 51.4 Å². The number of rotatable bonds is 6. The van der Waals surface area contributed by atoms with Gasteiger partial charge in [-0.15, -0.1) is 0 Å². The molecule has 3 rings (SSSR count). The zero-order valence-electron chi connectivity index (χ0n) is 18.2. The molecule has 6 nitrogen and oxygen atoms in total. The monoisotopic (exact) mass is 434 g/mol. The number of likely N-dealkylation sites (N-methyl/N-ethyl adjacent to an activating group) is 1. The lowest BCUT2D eigenvalue weighted by atomic mass is 10.0. The Hall–Kier alpha value is -1.96.